The van der Waals surface area contributed by atoms with Gasteiger partial charge in [0.2, 0.25) is 0 Å². The van der Waals surface area contributed by atoms with Gasteiger partial charge < -0.3 is 10.0 Å². The van der Waals surface area contributed by atoms with Crippen molar-refractivity contribution in [3.63, 3.8) is 0 Å². The van der Waals surface area contributed by atoms with E-state index in [1.54, 1.807) is 0 Å². The molecule has 3 nitrogen and oxygen atoms in total. The zero-order chi connectivity index (χ0) is 15.2. The second kappa shape index (κ2) is 7.74. The summed E-state index contributed by atoms with van der Waals surface area (Å²) in [6.45, 7) is 11.5. The van der Waals surface area contributed by atoms with Gasteiger partial charge in [-0.2, -0.15) is 0 Å². The molecular formula is C18H28N2O. The van der Waals surface area contributed by atoms with Crippen molar-refractivity contribution in [1.82, 2.24) is 9.80 Å². The van der Waals surface area contributed by atoms with E-state index in [2.05, 4.69) is 54.6 Å². The highest BCUT2D eigenvalue weighted by molar-refractivity contribution is 5.47. The Labute approximate surface area is 128 Å². The van der Waals surface area contributed by atoms with Gasteiger partial charge in [-0.1, -0.05) is 43.8 Å². The van der Waals surface area contributed by atoms with Crippen LogP contribution in [-0.2, 0) is 6.54 Å². The summed E-state index contributed by atoms with van der Waals surface area (Å²) in [6, 6.07) is 8.54. The lowest BCUT2D eigenvalue weighted by Crippen LogP contribution is -2.31. The van der Waals surface area contributed by atoms with Gasteiger partial charge in [0.15, 0.2) is 0 Å². The second-order valence-electron chi connectivity index (χ2n) is 6.20. The van der Waals surface area contributed by atoms with Crippen LogP contribution in [0.3, 0.4) is 0 Å². The molecule has 0 aliphatic carbocycles. The van der Waals surface area contributed by atoms with Crippen molar-refractivity contribution in [2.24, 2.45) is 11.8 Å². The normalized spacial score (nSPS) is 22.9. The largest absolute Gasteiger partial charge is 0.396 e. The lowest BCUT2D eigenvalue weighted by molar-refractivity contribution is 0.177. The maximum atomic E-state index is 9.63. The molecule has 2 atom stereocenters. The molecule has 3 heteroatoms. The minimum atomic E-state index is 0.297. The molecule has 1 N–H and O–H groups in total. The van der Waals surface area contributed by atoms with Crippen molar-refractivity contribution in [3.8, 4) is 0 Å². The van der Waals surface area contributed by atoms with Crippen LogP contribution < -0.4 is 0 Å². The van der Waals surface area contributed by atoms with Gasteiger partial charge >= 0.3 is 0 Å². The number of rotatable bonds is 7. The van der Waals surface area contributed by atoms with Gasteiger partial charge in [-0.3, -0.25) is 4.90 Å². The fourth-order valence-electron chi connectivity index (χ4n) is 3.18. The summed E-state index contributed by atoms with van der Waals surface area (Å²) in [7, 11) is 2.16. The Morgan fingerprint density at radius 1 is 1.38 bits per heavy atom. The highest BCUT2D eigenvalue weighted by Crippen LogP contribution is 2.25. The first-order valence-corrected chi connectivity index (χ1v) is 7.89. The van der Waals surface area contributed by atoms with Crippen molar-refractivity contribution in [2.75, 3.05) is 39.8 Å². The van der Waals surface area contributed by atoms with E-state index in [0.717, 1.165) is 32.7 Å². The summed E-state index contributed by atoms with van der Waals surface area (Å²) >= 11 is 0. The molecule has 21 heavy (non-hydrogen) atoms. The zero-order valence-electron chi connectivity index (χ0n) is 13.3. The topological polar surface area (TPSA) is 26.7 Å². The average molecular weight is 288 g/mol. The minimum Gasteiger partial charge on any atom is -0.396 e. The van der Waals surface area contributed by atoms with Crippen LogP contribution in [0.15, 0.2) is 30.8 Å². The van der Waals surface area contributed by atoms with Crippen LogP contribution in [0.1, 0.15) is 18.1 Å². The third-order valence-corrected chi connectivity index (χ3v) is 4.57. The van der Waals surface area contributed by atoms with Crippen LogP contribution in [0.4, 0.5) is 0 Å². The molecule has 2 rings (SSSR count). The zero-order valence-corrected chi connectivity index (χ0v) is 13.3. The SMILES string of the molecule is C=Cc1cccc(CN2C[C@@H](CN(C)CC)[C@@H](CO)C2)c1. The van der Waals surface area contributed by atoms with E-state index in [1.807, 2.05) is 6.08 Å². The summed E-state index contributed by atoms with van der Waals surface area (Å²) < 4.78 is 0. The first-order valence-electron chi connectivity index (χ1n) is 7.89. The fourth-order valence-corrected chi connectivity index (χ4v) is 3.18. The molecule has 1 aliphatic rings. The molecule has 0 spiro atoms. The van der Waals surface area contributed by atoms with Crippen molar-refractivity contribution in [3.05, 3.63) is 42.0 Å². The maximum Gasteiger partial charge on any atom is 0.0475 e. The Balaban J connectivity index is 1.96. The number of aliphatic hydroxyl groups excluding tert-OH is 1. The van der Waals surface area contributed by atoms with Crippen LogP contribution in [-0.4, -0.2) is 54.7 Å². The van der Waals surface area contributed by atoms with E-state index in [0.29, 0.717) is 18.4 Å². The van der Waals surface area contributed by atoms with Gasteiger partial charge in [0.25, 0.3) is 0 Å². The van der Waals surface area contributed by atoms with E-state index in [4.69, 9.17) is 0 Å². The van der Waals surface area contributed by atoms with Gasteiger partial charge in [0.1, 0.15) is 0 Å². The van der Waals surface area contributed by atoms with Gasteiger partial charge in [-0.05, 0) is 36.6 Å². The highest BCUT2D eigenvalue weighted by atomic mass is 16.3. The Morgan fingerprint density at radius 3 is 2.81 bits per heavy atom. The van der Waals surface area contributed by atoms with Gasteiger partial charge in [-0.25, -0.2) is 0 Å². The quantitative estimate of drug-likeness (QED) is 0.834. The summed E-state index contributed by atoms with van der Waals surface area (Å²) in [5, 5.41) is 9.63. The maximum absolute atomic E-state index is 9.63. The van der Waals surface area contributed by atoms with E-state index in [9.17, 15) is 5.11 Å². The van der Waals surface area contributed by atoms with Crippen molar-refractivity contribution in [1.29, 1.82) is 0 Å². The number of aliphatic hydroxyl groups is 1. The van der Waals surface area contributed by atoms with Crippen LogP contribution in [0.25, 0.3) is 6.08 Å². The minimum absolute atomic E-state index is 0.297. The Hall–Kier alpha value is -1.16. The first kappa shape index (κ1) is 16.2. The lowest BCUT2D eigenvalue weighted by Gasteiger charge is -2.22. The molecule has 0 amide bonds. The number of hydrogen-bond acceptors (Lipinski definition) is 3. The predicted octanol–water partition coefficient (Wildman–Crippen LogP) is 2.32. The molecule has 0 bridgehead atoms. The Morgan fingerprint density at radius 2 is 2.14 bits per heavy atom. The third kappa shape index (κ3) is 4.40. The summed E-state index contributed by atoms with van der Waals surface area (Å²) in [4.78, 5) is 4.81. The molecule has 1 fully saturated rings. The van der Waals surface area contributed by atoms with Crippen LogP contribution in [0.2, 0.25) is 0 Å². The molecule has 0 saturated carbocycles. The number of hydrogen-bond donors (Lipinski definition) is 1. The van der Waals surface area contributed by atoms with Gasteiger partial charge in [0.05, 0.1) is 0 Å². The predicted molar refractivity (Wildman–Crippen MR) is 89.0 cm³/mol. The number of benzene rings is 1. The molecule has 1 aromatic rings. The molecule has 1 saturated heterocycles. The number of likely N-dealkylation sites (tertiary alicyclic amines) is 1. The summed E-state index contributed by atoms with van der Waals surface area (Å²) in [5.74, 6) is 0.976. The lowest BCUT2D eigenvalue weighted by atomic mass is 9.96. The van der Waals surface area contributed by atoms with E-state index in [1.165, 1.54) is 11.1 Å². The van der Waals surface area contributed by atoms with Gasteiger partial charge in [0, 0.05) is 32.8 Å². The molecule has 1 aliphatic heterocycles. The van der Waals surface area contributed by atoms with E-state index in [-0.39, 0.29) is 0 Å². The third-order valence-electron chi connectivity index (χ3n) is 4.57. The molecule has 0 aromatic heterocycles. The van der Waals surface area contributed by atoms with E-state index < -0.39 is 0 Å². The van der Waals surface area contributed by atoms with Crippen molar-refractivity contribution < 1.29 is 5.11 Å². The smallest absolute Gasteiger partial charge is 0.0475 e. The average Bonchev–Trinajstić information content (AvgIpc) is 2.88. The Bertz CT molecular complexity index is 460. The molecule has 1 heterocycles. The van der Waals surface area contributed by atoms with Crippen LogP contribution in [0.5, 0.6) is 0 Å². The van der Waals surface area contributed by atoms with Crippen molar-refractivity contribution >= 4 is 6.08 Å². The Kier molecular flexibility index (Phi) is 5.97. The molecule has 1 aromatic carbocycles. The molecule has 0 unspecified atom stereocenters. The van der Waals surface area contributed by atoms with Crippen molar-refractivity contribution in [2.45, 2.75) is 13.5 Å². The summed E-state index contributed by atoms with van der Waals surface area (Å²) in [6.07, 6.45) is 1.89. The second-order valence-corrected chi connectivity index (χ2v) is 6.20. The molecule has 116 valence electrons. The molecular weight excluding hydrogens is 260 g/mol. The monoisotopic (exact) mass is 288 g/mol. The molecule has 0 radical (unpaired) electrons. The summed E-state index contributed by atoms with van der Waals surface area (Å²) in [5.41, 5.74) is 2.50. The standard InChI is InChI=1S/C18H28N2O/c1-4-15-7-6-8-16(9-15)10-20-12-17(11-19(3)5-2)18(13-20)14-21/h4,6-9,17-18,21H,1,5,10-14H2,2-3H3/t17-,18-/m1/s1. The van der Waals surface area contributed by atoms with Crippen LogP contribution >= 0.6 is 0 Å². The van der Waals surface area contributed by atoms with Gasteiger partial charge in [-0.15, -0.1) is 0 Å². The fraction of sp³-hybridized carbons (Fsp3) is 0.556. The number of nitrogens with zero attached hydrogens (tertiary/aromatic N) is 2. The van der Waals surface area contributed by atoms with E-state index >= 15 is 0 Å². The highest BCUT2D eigenvalue weighted by Gasteiger charge is 2.32. The first-order chi connectivity index (χ1) is 10.2. The van der Waals surface area contributed by atoms with Crippen LogP contribution in [0, 0.1) is 11.8 Å².